The van der Waals surface area contributed by atoms with Crippen molar-refractivity contribution in [1.29, 1.82) is 0 Å². The summed E-state index contributed by atoms with van der Waals surface area (Å²) in [6, 6.07) is 5.87. The molecule has 0 spiro atoms. The van der Waals surface area contributed by atoms with Crippen LogP contribution in [-0.2, 0) is 23.4 Å². The number of esters is 1. The molecule has 36 heavy (non-hydrogen) atoms. The number of carbonyl (C=O) groups is 2. The van der Waals surface area contributed by atoms with Crippen LogP contribution in [0.5, 0.6) is 5.75 Å². The van der Waals surface area contributed by atoms with Gasteiger partial charge in [0.15, 0.2) is 6.10 Å². The van der Waals surface area contributed by atoms with E-state index in [4.69, 9.17) is 18.5 Å². The van der Waals surface area contributed by atoms with Gasteiger partial charge >= 0.3 is 25.7 Å². The summed E-state index contributed by atoms with van der Waals surface area (Å²) in [7, 11) is -4.38. The van der Waals surface area contributed by atoms with E-state index < -0.39 is 62.4 Å². The number of carbonyl (C=O) groups excluding carboxylic acids is 2. The van der Waals surface area contributed by atoms with E-state index in [1.807, 2.05) is 0 Å². The zero-order chi connectivity index (χ0) is 26.3. The first-order valence-corrected chi connectivity index (χ1v) is 12.5. The number of cyclic esters (lactones) is 1. The molecule has 0 aromatic heterocycles. The molecule has 3 aliphatic heterocycles. The number of para-hydroxylation sites is 1. The SMILES string of the molecule is C=C1C=CN([C@@H]2O[C@H](COP(=O)(NC3CC(C)(C)OC3=O)Oc3ccccc3)[C@@H](O)C2(F)F)C(=O)N1. The molecule has 2 unspecified atom stereocenters. The average Bonchev–Trinajstić information content (AvgIpc) is 3.17. The molecule has 4 rings (SSSR count). The second kappa shape index (κ2) is 9.56. The smallest absolute Gasteiger partial charge is 0.458 e. The highest BCUT2D eigenvalue weighted by Gasteiger charge is 2.62. The number of aliphatic hydroxyl groups excluding tert-OH is 1. The van der Waals surface area contributed by atoms with E-state index >= 15 is 0 Å². The third-order valence-electron chi connectivity index (χ3n) is 5.62. The van der Waals surface area contributed by atoms with Gasteiger partial charge in [-0.2, -0.15) is 13.9 Å². The molecule has 11 nitrogen and oxygen atoms in total. The Morgan fingerprint density at radius 2 is 2.00 bits per heavy atom. The van der Waals surface area contributed by atoms with Crippen molar-refractivity contribution in [3.8, 4) is 5.75 Å². The number of allylic oxidation sites excluding steroid dienone is 1. The molecule has 2 fully saturated rings. The molecule has 0 saturated carbocycles. The van der Waals surface area contributed by atoms with Gasteiger partial charge in [0.05, 0.1) is 6.61 Å². The number of urea groups is 1. The van der Waals surface area contributed by atoms with Gasteiger partial charge in [0.2, 0.25) is 6.23 Å². The second-order valence-electron chi connectivity index (χ2n) is 9.09. The molecule has 5 atom stereocenters. The van der Waals surface area contributed by atoms with Crippen molar-refractivity contribution in [2.24, 2.45) is 0 Å². The Bertz CT molecular complexity index is 1120. The maximum absolute atomic E-state index is 14.9. The largest absolute Gasteiger partial charge is 0.459 e. The first-order chi connectivity index (χ1) is 16.8. The maximum Gasteiger partial charge on any atom is 0.459 e. The monoisotopic (exact) mass is 529 g/mol. The first-order valence-electron chi connectivity index (χ1n) is 11.0. The minimum Gasteiger partial charge on any atom is -0.458 e. The van der Waals surface area contributed by atoms with Gasteiger partial charge in [-0.15, -0.1) is 0 Å². The average molecular weight is 529 g/mol. The van der Waals surface area contributed by atoms with E-state index in [2.05, 4.69) is 17.0 Å². The number of hydrogen-bond donors (Lipinski definition) is 3. The van der Waals surface area contributed by atoms with Crippen molar-refractivity contribution in [3.05, 3.63) is 54.9 Å². The standard InChI is InChI=1S/C22H26F2N3O8P/c1-13-9-10-27(20(30)25-13)19-22(23,24)17(28)16(33-19)12-32-36(31,35-14-7-5-4-6-8-14)26-15-11-21(2,3)34-18(15)29/h4-10,15-17,19,28H,1,11-12H2,2-3H3,(H,25,30)(H,26,31)/t15?,16-,17-,19-,36?/m1/s1. The lowest BCUT2D eigenvalue weighted by Gasteiger charge is -2.31. The number of rotatable bonds is 8. The number of amides is 2. The Hall–Kier alpha value is -2.83. The quantitative estimate of drug-likeness (QED) is 0.343. The summed E-state index contributed by atoms with van der Waals surface area (Å²) < 4.78 is 64.7. The molecule has 0 bridgehead atoms. The lowest BCUT2D eigenvalue weighted by molar-refractivity contribution is -0.147. The zero-order valence-electron chi connectivity index (χ0n) is 19.4. The van der Waals surface area contributed by atoms with Gasteiger partial charge in [0, 0.05) is 18.3 Å². The van der Waals surface area contributed by atoms with Gasteiger partial charge in [-0.25, -0.2) is 9.36 Å². The highest BCUT2D eigenvalue weighted by molar-refractivity contribution is 7.52. The van der Waals surface area contributed by atoms with Crippen LogP contribution >= 0.6 is 7.75 Å². The molecule has 3 N–H and O–H groups in total. The van der Waals surface area contributed by atoms with Crippen molar-refractivity contribution in [3.63, 3.8) is 0 Å². The van der Waals surface area contributed by atoms with E-state index in [-0.39, 0.29) is 17.9 Å². The second-order valence-corrected chi connectivity index (χ2v) is 10.8. The van der Waals surface area contributed by atoms with E-state index in [1.54, 1.807) is 32.0 Å². The molecular weight excluding hydrogens is 503 g/mol. The van der Waals surface area contributed by atoms with Crippen molar-refractivity contribution in [2.75, 3.05) is 6.61 Å². The van der Waals surface area contributed by atoms with Gasteiger partial charge in [-0.05, 0) is 32.1 Å². The molecule has 196 valence electrons. The maximum atomic E-state index is 14.9. The number of nitrogens with zero attached hydrogens (tertiary/aromatic N) is 1. The molecule has 3 heterocycles. The van der Waals surface area contributed by atoms with Crippen molar-refractivity contribution < 1.29 is 46.6 Å². The van der Waals surface area contributed by atoms with E-state index in [1.165, 1.54) is 18.2 Å². The molecule has 14 heteroatoms. The fourth-order valence-electron chi connectivity index (χ4n) is 3.90. The zero-order valence-corrected chi connectivity index (χ0v) is 20.3. The van der Waals surface area contributed by atoms with Crippen LogP contribution in [0.4, 0.5) is 13.6 Å². The molecule has 0 aliphatic carbocycles. The van der Waals surface area contributed by atoms with Gasteiger partial charge in [0.1, 0.15) is 23.5 Å². The normalized spacial score (nSPS) is 30.6. The predicted molar refractivity (Wildman–Crippen MR) is 121 cm³/mol. The Morgan fingerprint density at radius 1 is 1.31 bits per heavy atom. The molecule has 2 amide bonds. The molecule has 0 radical (unpaired) electrons. The fraction of sp³-hybridized carbons (Fsp3) is 0.455. The van der Waals surface area contributed by atoms with Crippen LogP contribution < -0.4 is 14.9 Å². The number of aliphatic hydroxyl groups is 1. The summed E-state index contributed by atoms with van der Waals surface area (Å²) in [6.45, 7) is 6.03. The third kappa shape index (κ3) is 5.45. The summed E-state index contributed by atoms with van der Waals surface area (Å²) in [5.74, 6) is -4.47. The summed E-state index contributed by atoms with van der Waals surface area (Å²) in [4.78, 5) is 25.0. The molecular formula is C22H26F2N3O8P. The van der Waals surface area contributed by atoms with Crippen LogP contribution in [0.2, 0.25) is 0 Å². The Kier molecular flexibility index (Phi) is 6.97. The van der Waals surface area contributed by atoms with Crippen LogP contribution in [-0.4, -0.2) is 64.6 Å². The minimum absolute atomic E-state index is 0.116. The summed E-state index contributed by atoms with van der Waals surface area (Å²) >= 11 is 0. The van der Waals surface area contributed by atoms with Crippen LogP contribution in [0.15, 0.2) is 54.9 Å². The van der Waals surface area contributed by atoms with Gasteiger partial charge in [0.25, 0.3) is 0 Å². The van der Waals surface area contributed by atoms with E-state index in [0.29, 0.717) is 4.90 Å². The lowest BCUT2D eigenvalue weighted by atomic mass is 10.0. The van der Waals surface area contributed by atoms with Gasteiger partial charge in [-0.3, -0.25) is 14.2 Å². The fourth-order valence-corrected chi connectivity index (χ4v) is 5.40. The molecule has 1 aromatic carbocycles. The van der Waals surface area contributed by atoms with Crippen molar-refractivity contribution >= 4 is 19.7 Å². The Balaban J connectivity index is 1.51. The number of nitrogens with one attached hydrogen (secondary N) is 2. The number of ether oxygens (including phenoxy) is 2. The summed E-state index contributed by atoms with van der Waals surface area (Å²) in [5.41, 5.74) is -0.642. The first kappa shape index (κ1) is 26.2. The summed E-state index contributed by atoms with van der Waals surface area (Å²) in [5, 5.41) is 15.0. The number of hydrogen-bond acceptors (Lipinski definition) is 8. The highest BCUT2D eigenvalue weighted by atomic mass is 31.2. The van der Waals surface area contributed by atoms with Gasteiger partial charge < -0.3 is 24.4 Å². The van der Waals surface area contributed by atoms with Crippen molar-refractivity contribution in [1.82, 2.24) is 15.3 Å². The van der Waals surface area contributed by atoms with Crippen LogP contribution in [0.3, 0.4) is 0 Å². The molecule has 2 saturated heterocycles. The topological polar surface area (TPSA) is 136 Å². The molecule has 1 aromatic rings. The number of benzene rings is 1. The predicted octanol–water partition coefficient (Wildman–Crippen LogP) is 2.65. The van der Waals surface area contributed by atoms with Gasteiger partial charge in [-0.1, -0.05) is 24.8 Å². The lowest BCUT2D eigenvalue weighted by Crippen LogP contribution is -2.53. The van der Waals surface area contributed by atoms with Crippen molar-refractivity contribution in [2.45, 2.75) is 56.3 Å². The number of alkyl halides is 2. The highest BCUT2D eigenvalue weighted by Crippen LogP contribution is 2.48. The van der Waals surface area contributed by atoms with Crippen LogP contribution in [0.1, 0.15) is 20.3 Å². The third-order valence-corrected chi connectivity index (χ3v) is 7.19. The Morgan fingerprint density at radius 3 is 2.61 bits per heavy atom. The minimum atomic E-state index is -4.38. The Labute approximate surface area is 205 Å². The summed E-state index contributed by atoms with van der Waals surface area (Å²) in [6.07, 6.45) is -3.80. The molecule has 3 aliphatic rings. The number of halogens is 2. The van der Waals surface area contributed by atoms with E-state index in [9.17, 15) is 28.0 Å². The van der Waals surface area contributed by atoms with E-state index in [0.717, 1.165) is 6.20 Å². The van der Waals surface area contributed by atoms with Crippen LogP contribution in [0, 0.1) is 0 Å². The van der Waals surface area contributed by atoms with Crippen LogP contribution in [0.25, 0.3) is 0 Å².